The molecule has 0 aromatic heterocycles. The van der Waals surface area contributed by atoms with Gasteiger partial charge < -0.3 is 20.1 Å². The molecule has 0 aliphatic heterocycles. The van der Waals surface area contributed by atoms with Crippen molar-refractivity contribution in [2.75, 3.05) is 27.3 Å². The fraction of sp³-hybridized carbons (Fsp3) is 0.357. The molecule has 104 valence electrons. The number of thiocarbonyl (C=S) groups is 1. The average Bonchev–Trinajstić information content (AvgIpc) is 2.44. The van der Waals surface area contributed by atoms with Gasteiger partial charge in [-0.15, -0.1) is 6.58 Å². The smallest absolute Gasteiger partial charge is 0.166 e. The lowest BCUT2D eigenvalue weighted by Crippen LogP contribution is -2.36. The lowest BCUT2D eigenvalue weighted by molar-refractivity contribution is 0.393. The summed E-state index contributed by atoms with van der Waals surface area (Å²) in [7, 11) is 3.29. The van der Waals surface area contributed by atoms with Crippen LogP contribution in [-0.4, -0.2) is 32.4 Å². The number of hydrogen-bond acceptors (Lipinski definition) is 3. The second kappa shape index (κ2) is 8.37. The first-order valence-electron chi connectivity index (χ1n) is 6.04. The van der Waals surface area contributed by atoms with Crippen LogP contribution in [0.1, 0.15) is 5.56 Å². The Labute approximate surface area is 119 Å². The van der Waals surface area contributed by atoms with Gasteiger partial charge in [0.1, 0.15) is 11.5 Å². The maximum Gasteiger partial charge on any atom is 0.166 e. The van der Waals surface area contributed by atoms with Crippen molar-refractivity contribution in [3.05, 3.63) is 36.4 Å². The molecule has 1 rings (SSSR count). The Bertz CT molecular complexity index is 413. The van der Waals surface area contributed by atoms with Gasteiger partial charge in [-0.1, -0.05) is 6.08 Å². The summed E-state index contributed by atoms with van der Waals surface area (Å²) < 4.78 is 10.5. The van der Waals surface area contributed by atoms with E-state index in [1.165, 1.54) is 0 Å². The van der Waals surface area contributed by atoms with E-state index in [0.29, 0.717) is 11.7 Å². The molecule has 0 saturated carbocycles. The van der Waals surface area contributed by atoms with Gasteiger partial charge in [0.15, 0.2) is 5.11 Å². The Morgan fingerprint density at radius 3 is 2.37 bits per heavy atom. The summed E-state index contributed by atoms with van der Waals surface area (Å²) in [5, 5.41) is 6.78. The minimum Gasteiger partial charge on any atom is -0.497 e. The van der Waals surface area contributed by atoms with Gasteiger partial charge in [-0.3, -0.25) is 0 Å². The van der Waals surface area contributed by atoms with Crippen LogP contribution in [0.25, 0.3) is 0 Å². The summed E-state index contributed by atoms with van der Waals surface area (Å²) in [5.41, 5.74) is 1.13. The third-order valence-electron chi connectivity index (χ3n) is 2.52. The summed E-state index contributed by atoms with van der Waals surface area (Å²) >= 11 is 5.11. The number of ether oxygens (including phenoxy) is 2. The van der Waals surface area contributed by atoms with E-state index in [1.54, 1.807) is 20.3 Å². The number of rotatable bonds is 7. The highest BCUT2D eigenvalue weighted by molar-refractivity contribution is 7.80. The number of methoxy groups -OCH3 is 2. The van der Waals surface area contributed by atoms with E-state index in [1.807, 2.05) is 18.2 Å². The summed E-state index contributed by atoms with van der Waals surface area (Å²) in [6, 6.07) is 5.84. The van der Waals surface area contributed by atoms with E-state index in [2.05, 4.69) is 17.2 Å². The Morgan fingerprint density at radius 2 is 1.84 bits per heavy atom. The molecule has 0 aliphatic rings. The highest BCUT2D eigenvalue weighted by atomic mass is 32.1. The molecule has 0 heterocycles. The molecular weight excluding hydrogens is 260 g/mol. The fourth-order valence-electron chi connectivity index (χ4n) is 1.56. The zero-order valence-electron chi connectivity index (χ0n) is 11.4. The molecule has 4 nitrogen and oxygen atoms in total. The summed E-state index contributed by atoms with van der Waals surface area (Å²) in [4.78, 5) is 0. The Hall–Kier alpha value is -1.75. The van der Waals surface area contributed by atoms with Crippen molar-refractivity contribution < 1.29 is 9.47 Å². The van der Waals surface area contributed by atoms with Gasteiger partial charge in [0.25, 0.3) is 0 Å². The summed E-state index contributed by atoms with van der Waals surface area (Å²) in [6.07, 6.45) is 2.60. The number of nitrogens with one attached hydrogen (secondary N) is 2. The minimum atomic E-state index is 0.634. The molecule has 0 bridgehead atoms. The van der Waals surface area contributed by atoms with Gasteiger partial charge >= 0.3 is 0 Å². The molecule has 0 radical (unpaired) electrons. The van der Waals surface area contributed by atoms with Gasteiger partial charge in [0.2, 0.25) is 0 Å². The SMILES string of the molecule is C=CCNC(=S)NCCc1cc(OC)cc(OC)c1. The molecule has 0 amide bonds. The molecule has 0 saturated heterocycles. The van der Waals surface area contributed by atoms with Crippen molar-refractivity contribution in [3.8, 4) is 11.5 Å². The fourth-order valence-corrected chi connectivity index (χ4v) is 1.74. The zero-order valence-corrected chi connectivity index (χ0v) is 12.2. The lowest BCUT2D eigenvalue weighted by Gasteiger charge is -2.11. The third-order valence-corrected chi connectivity index (χ3v) is 2.81. The van der Waals surface area contributed by atoms with Crippen LogP contribution in [0, 0.1) is 0 Å². The molecule has 1 aromatic rings. The van der Waals surface area contributed by atoms with Gasteiger partial charge in [-0.25, -0.2) is 0 Å². The number of hydrogen-bond donors (Lipinski definition) is 2. The lowest BCUT2D eigenvalue weighted by atomic mass is 10.1. The molecule has 19 heavy (non-hydrogen) atoms. The van der Waals surface area contributed by atoms with Crippen LogP contribution in [0.3, 0.4) is 0 Å². The first kappa shape index (κ1) is 15.3. The molecule has 2 N–H and O–H groups in total. The molecule has 5 heteroatoms. The van der Waals surface area contributed by atoms with Crippen LogP contribution < -0.4 is 20.1 Å². The highest BCUT2D eigenvalue weighted by Gasteiger charge is 2.02. The average molecular weight is 280 g/mol. The zero-order chi connectivity index (χ0) is 14.1. The van der Waals surface area contributed by atoms with E-state index in [0.717, 1.165) is 30.0 Å². The molecule has 1 aromatic carbocycles. The number of benzene rings is 1. The van der Waals surface area contributed by atoms with Gasteiger partial charge in [-0.05, 0) is 36.3 Å². The molecule has 0 fully saturated rings. The van der Waals surface area contributed by atoms with Crippen molar-refractivity contribution in [1.29, 1.82) is 0 Å². The Morgan fingerprint density at radius 1 is 1.21 bits per heavy atom. The maximum absolute atomic E-state index is 5.23. The van der Waals surface area contributed by atoms with E-state index < -0.39 is 0 Å². The molecular formula is C14H20N2O2S. The van der Waals surface area contributed by atoms with Crippen molar-refractivity contribution in [2.24, 2.45) is 0 Å². The Balaban J connectivity index is 2.48. The normalized spacial score (nSPS) is 9.58. The largest absolute Gasteiger partial charge is 0.497 e. The highest BCUT2D eigenvalue weighted by Crippen LogP contribution is 2.22. The van der Waals surface area contributed by atoms with Crippen LogP contribution in [0.15, 0.2) is 30.9 Å². The van der Waals surface area contributed by atoms with Gasteiger partial charge in [-0.2, -0.15) is 0 Å². The van der Waals surface area contributed by atoms with E-state index >= 15 is 0 Å². The van der Waals surface area contributed by atoms with E-state index in [9.17, 15) is 0 Å². The molecule has 0 aliphatic carbocycles. The molecule has 0 atom stereocenters. The van der Waals surface area contributed by atoms with Crippen LogP contribution in [0.4, 0.5) is 0 Å². The predicted molar refractivity (Wildman–Crippen MR) is 82.1 cm³/mol. The van der Waals surface area contributed by atoms with Crippen LogP contribution in [0.5, 0.6) is 11.5 Å². The second-order valence-corrected chi connectivity index (χ2v) is 4.30. The van der Waals surface area contributed by atoms with Crippen molar-refractivity contribution in [3.63, 3.8) is 0 Å². The van der Waals surface area contributed by atoms with Gasteiger partial charge in [0, 0.05) is 19.2 Å². The topological polar surface area (TPSA) is 42.5 Å². The molecule has 0 unspecified atom stereocenters. The van der Waals surface area contributed by atoms with E-state index in [4.69, 9.17) is 21.7 Å². The summed E-state index contributed by atoms with van der Waals surface area (Å²) in [5.74, 6) is 1.59. The second-order valence-electron chi connectivity index (χ2n) is 3.90. The first-order chi connectivity index (χ1) is 9.19. The van der Waals surface area contributed by atoms with Crippen LogP contribution in [0.2, 0.25) is 0 Å². The van der Waals surface area contributed by atoms with Crippen molar-refractivity contribution in [1.82, 2.24) is 10.6 Å². The minimum absolute atomic E-state index is 0.634. The third kappa shape index (κ3) is 5.61. The van der Waals surface area contributed by atoms with Crippen LogP contribution >= 0.6 is 12.2 Å². The summed E-state index contributed by atoms with van der Waals surface area (Å²) in [6.45, 7) is 5.04. The van der Waals surface area contributed by atoms with Crippen molar-refractivity contribution in [2.45, 2.75) is 6.42 Å². The van der Waals surface area contributed by atoms with Crippen LogP contribution in [-0.2, 0) is 6.42 Å². The Kier molecular flexibility index (Phi) is 6.74. The standard InChI is InChI=1S/C14H20N2O2S/c1-4-6-15-14(19)16-7-5-11-8-12(17-2)10-13(9-11)18-3/h4,8-10H,1,5-7H2,2-3H3,(H2,15,16,19). The predicted octanol–water partition coefficient (Wildman–Crippen LogP) is 1.90. The first-order valence-corrected chi connectivity index (χ1v) is 6.45. The monoisotopic (exact) mass is 280 g/mol. The molecule has 0 spiro atoms. The quantitative estimate of drug-likeness (QED) is 0.590. The van der Waals surface area contributed by atoms with Crippen molar-refractivity contribution >= 4 is 17.3 Å². The van der Waals surface area contributed by atoms with E-state index in [-0.39, 0.29) is 0 Å². The maximum atomic E-state index is 5.23. The van der Waals surface area contributed by atoms with Gasteiger partial charge in [0.05, 0.1) is 14.2 Å².